The Kier molecular flexibility index (Phi) is 5.07. The van der Waals surface area contributed by atoms with Crippen LogP contribution in [0, 0.1) is 10.1 Å². The highest BCUT2D eigenvalue weighted by molar-refractivity contribution is 7.89. The standard InChI is InChI=1S/C14H19ClN4O4S/c15-13-9-11(19(20)21)1-2-14(13)24(22,23)18-6-3-12(10-18)17-7-4-16-5-8-17/h1-2,9,12,16H,3-8,10H2. The minimum atomic E-state index is -3.75. The van der Waals surface area contributed by atoms with Gasteiger partial charge in [-0.15, -0.1) is 0 Å². The highest BCUT2D eigenvalue weighted by Crippen LogP contribution is 2.31. The second-order valence-electron chi connectivity index (χ2n) is 5.96. The predicted molar refractivity (Wildman–Crippen MR) is 89.7 cm³/mol. The third-order valence-electron chi connectivity index (χ3n) is 4.54. The Morgan fingerprint density at radius 2 is 1.96 bits per heavy atom. The summed E-state index contributed by atoms with van der Waals surface area (Å²) in [4.78, 5) is 12.4. The van der Waals surface area contributed by atoms with Gasteiger partial charge in [0.25, 0.3) is 5.69 Å². The van der Waals surface area contributed by atoms with Gasteiger partial charge < -0.3 is 5.32 Å². The third kappa shape index (κ3) is 3.40. The van der Waals surface area contributed by atoms with Crippen molar-refractivity contribution in [1.82, 2.24) is 14.5 Å². The molecule has 1 aromatic carbocycles. The molecule has 8 nitrogen and oxygen atoms in total. The van der Waals surface area contributed by atoms with E-state index in [0.717, 1.165) is 38.7 Å². The maximum atomic E-state index is 12.8. The molecule has 0 amide bonds. The van der Waals surface area contributed by atoms with Crippen LogP contribution in [-0.4, -0.2) is 67.9 Å². The van der Waals surface area contributed by atoms with Crippen molar-refractivity contribution >= 4 is 27.3 Å². The summed E-state index contributed by atoms with van der Waals surface area (Å²) in [5, 5.41) is 13.9. The van der Waals surface area contributed by atoms with Crippen molar-refractivity contribution < 1.29 is 13.3 Å². The zero-order valence-electron chi connectivity index (χ0n) is 13.0. The first-order valence-electron chi connectivity index (χ1n) is 7.78. The van der Waals surface area contributed by atoms with Gasteiger partial charge in [0.05, 0.1) is 9.95 Å². The van der Waals surface area contributed by atoms with Crippen molar-refractivity contribution in [1.29, 1.82) is 0 Å². The number of benzene rings is 1. The Morgan fingerprint density at radius 1 is 1.25 bits per heavy atom. The van der Waals surface area contributed by atoms with Crippen molar-refractivity contribution in [2.45, 2.75) is 17.4 Å². The molecule has 2 saturated heterocycles. The van der Waals surface area contributed by atoms with Gasteiger partial charge in [-0.1, -0.05) is 11.6 Å². The number of non-ortho nitro benzene ring substituents is 1. The molecule has 1 atom stereocenters. The molecular formula is C14H19ClN4O4S. The van der Waals surface area contributed by atoms with E-state index in [1.165, 1.54) is 16.4 Å². The third-order valence-corrected chi connectivity index (χ3v) is 6.89. The number of nitrogens with one attached hydrogen (secondary N) is 1. The monoisotopic (exact) mass is 374 g/mol. The van der Waals surface area contributed by atoms with E-state index in [4.69, 9.17) is 11.6 Å². The number of hydrogen-bond acceptors (Lipinski definition) is 6. The molecule has 3 rings (SSSR count). The summed E-state index contributed by atoms with van der Waals surface area (Å²) in [7, 11) is -3.75. The molecule has 0 aromatic heterocycles. The van der Waals surface area contributed by atoms with E-state index in [1.807, 2.05) is 0 Å². The van der Waals surface area contributed by atoms with E-state index in [1.54, 1.807) is 0 Å². The van der Waals surface area contributed by atoms with Gasteiger partial charge in [0.15, 0.2) is 0 Å². The van der Waals surface area contributed by atoms with Crippen molar-refractivity contribution in [2.75, 3.05) is 39.3 Å². The molecule has 0 radical (unpaired) electrons. The average molecular weight is 375 g/mol. The molecule has 10 heteroatoms. The van der Waals surface area contributed by atoms with Gasteiger partial charge >= 0.3 is 0 Å². The minimum Gasteiger partial charge on any atom is -0.314 e. The summed E-state index contributed by atoms with van der Waals surface area (Å²) < 4.78 is 27.0. The lowest BCUT2D eigenvalue weighted by Gasteiger charge is -2.32. The Morgan fingerprint density at radius 3 is 2.58 bits per heavy atom. The number of halogens is 1. The van der Waals surface area contributed by atoms with E-state index in [2.05, 4.69) is 10.2 Å². The van der Waals surface area contributed by atoms with E-state index in [9.17, 15) is 18.5 Å². The number of nitro benzene ring substituents is 1. The number of nitrogens with zero attached hydrogens (tertiary/aromatic N) is 3. The maximum Gasteiger partial charge on any atom is 0.271 e. The summed E-state index contributed by atoms with van der Waals surface area (Å²) in [5.41, 5.74) is -0.223. The van der Waals surface area contributed by atoms with E-state index < -0.39 is 14.9 Å². The Labute approximate surface area is 145 Å². The van der Waals surface area contributed by atoms with Crippen LogP contribution < -0.4 is 5.32 Å². The highest BCUT2D eigenvalue weighted by Gasteiger charge is 2.36. The topological polar surface area (TPSA) is 95.8 Å². The van der Waals surface area contributed by atoms with Crippen LogP contribution in [0.15, 0.2) is 23.1 Å². The van der Waals surface area contributed by atoms with Gasteiger partial charge in [0, 0.05) is 57.4 Å². The lowest BCUT2D eigenvalue weighted by molar-refractivity contribution is -0.384. The Hall–Kier alpha value is -1.26. The first-order chi connectivity index (χ1) is 11.4. The van der Waals surface area contributed by atoms with Crippen molar-refractivity contribution in [3.63, 3.8) is 0 Å². The molecule has 1 unspecified atom stereocenters. The number of rotatable bonds is 4. The molecule has 0 spiro atoms. The summed E-state index contributed by atoms with van der Waals surface area (Å²) in [6.07, 6.45) is 0.782. The molecule has 1 N–H and O–H groups in total. The van der Waals surface area contributed by atoms with Crippen molar-refractivity contribution in [3.8, 4) is 0 Å². The first-order valence-corrected chi connectivity index (χ1v) is 9.60. The van der Waals surface area contributed by atoms with Crippen molar-refractivity contribution in [2.24, 2.45) is 0 Å². The first kappa shape index (κ1) is 17.6. The molecule has 0 aliphatic carbocycles. The molecule has 24 heavy (non-hydrogen) atoms. The Balaban J connectivity index is 1.77. The second kappa shape index (κ2) is 6.93. The van der Waals surface area contributed by atoms with E-state index >= 15 is 0 Å². The molecule has 2 aliphatic heterocycles. The van der Waals surface area contributed by atoms with Crippen LogP contribution >= 0.6 is 11.6 Å². The highest BCUT2D eigenvalue weighted by atomic mass is 35.5. The van der Waals surface area contributed by atoms with Crippen LogP contribution in [0.5, 0.6) is 0 Å². The summed E-state index contributed by atoms with van der Waals surface area (Å²) in [6.45, 7) is 4.52. The smallest absolute Gasteiger partial charge is 0.271 e. The van der Waals surface area contributed by atoms with Gasteiger partial charge in [0.1, 0.15) is 4.90 Å². The van der Waals surface area contributed by atoms with Gasteiger partial charge in [-0.25, -0.2) is 8.42 Å². The van der Waals surface area contributed by atoms with Gasteiger partial charge in [-0.05, 0) is 12.5 Å². The molecule has 2 heterocycles. The van der Waals surface area contributed by atoms with E-state index in [0.29, 0.717) is 13.1 Å². The summed E-state index contributed by atoms with van der Waals surface area (Å²) >= 11 is 5.99. The largest absolute Gasteiger partial charge is 0.314 e. The van der Waals surface area contributed by atoms with Crippen LogP contribution in [0.1, 0.15) is 6.42 Å². The van der Waals surface area contributed by atoms with Crippen molar-refractivity contribution in [3.05, 3.63) is 33.3 Å². The molecule has 1 aromatic rings. The van der Waals surface area contributed by atoms with Crippen LogP contribution in [0.25, 0.3) is 0 Å². The SMILES string of the molecule is O=[N+]([O-])c1ccc(S(=O)(=O)N2CCC(N3CCNCC3)C2)c(Cl)c1. The van der Waals surface area contributed by atoms with Gasteiger partial charge in [0.2, 0.25) is 10.0 Å². The molecule has 132 valence electrons. The molecule has 2 aliphatic rings. The lowest BCUT2D eigenvalue weighted by Crippen LogP contribution is -2.49. The minimum absolute atomic E-state index is 0.0734. The maximum absolute atomic E-state index is 12.8. The Bertz CT molecular complexity index is 736. The predicted octanol–water partition coefficient (Wildman–Crippen LogP) is 0.916. The number of nitro groups is 1. The molecular weight excluding hydrogens is 356 g/mol. The summed E-state index contributed by atoms with van der Waals surface area (Å²) in [6, 6.07) is 3.67. The number of sulfonamides is 1. The molecule has 2 fully saturated rings. The van der Waals surface area contributed by atoms with Crippen LogP contribution in [0.4, 0.5) is 5.69 Å². The molecule has 0 saturated carbocycles. The zero-order valence-corrected chi connectivity index (χ0v) is 14.6. The normalized spacial score (nSPS) is 23.5. The fraction of sp³-hybridized carbons (Fsp3) is 0.571. The van der Waals surface area contributed by atoms with Gasteiger partial charge in [-0.2, -0.15) is 4.31 Å². The van der Waals surface area contributed by atoms with Crippen LogP contribution in [0.3, 0.4) is 0 Å². The summed E-state index contributed by atoms with van der Waals surface area (Å²) in [5.74, 6) is 0. The zero-order chi connectivity index (χ0) is 17.3. The molecule has 0 bridgehead atoms. The second-order valence-corrected chi connectivity index (χ2v) is 8.28. The lowest BCUT2D eigenvalue weighted by atomic mass is 10.2. The number of piperazine rings is 1. The van der Waals surface area contributed by atoms with Crippen LogP contribution in [-0.2, 0) is 10.0 Å². The van der Waals surface area contributed by atoms with Crippen LogP contribution in [0.2, 0.25) is 5.02 Å². The number of hydrogen-bond donors (Lipinski definition) is 1. The fourth-order valence-electron chi connectivity index (χ4n) is 3.23. The van der Waals surface area contributed by atoms with Gasteiger partial charge in [-0.3, -0.25) is 15.0 Å². The quantitative estimate of drug-likeness (QED) is 0.621. The fourth-order valence-corrected chi connectivity index (χ4v) is 5.23. The van der Waals surface area contributed by atoms with E-state index in [-0.39, 0.29) is 21.6 Å². The average Bonchev–Trinajstić information content (AvgIpc) is 3.06.